The van der Waals surface area contributed by atoms with Gasteiger partial charge < -0.3 is 9.64 Å². The van der Waals surface area contributed by atoms with Crippen LogP contribution in [0.3, 0.4) is 0 Å². The monoisotopic (exact) mass is 274 g/mol. The Hall–Kier alpha value is -2.30. The molecule has 0 bridgehead atoms. The molecule has 0 atom stereocenters. The maximum absolute atomic E-state index is 11.9. The predicted molar refractivity (Wildman–Crippen MR) is 77.4 cm³/mol. The second kappa shape index (κ2) is 5.36. The van der Waals surface area contributed by atoms with Crippen molar-refractivity contribution in [1.82, 2.24) is 4.90 Å². The molecule has 1 aliphatic rings. The van der Waals surface area contributed by atoms with Crippen LogP contribution in [0.4, 0.5) is 10.5 Å². The van der Waals surface area contributed by atoms with E-state index in [0.717, 1.165) is 21.7 Å². The highest BCUT2D eigenvalue weighted by atomic mass is 16.6. The van der Waals surface area contributed by atoms with Crippen molar-refractivity contribution in [1.29, 1.82) is 0 Å². The van der Waals surface area contributed by atoms with Gasteiger partial charge in [-0.25, -0.2) is 9.69 Å². The second-order valence-corrected chi connectivity index (χ2v) is 4.86. The van der Waals surface area contributed by atoms with Crippen molar-refractivity contribution in [2.24, 2.45) is 0 Å². The minimum atomic E-state index is -0.605. The fourth-order valence-corrected chi connectivity index (χ4v) is 2.01. The van der Waals surface area contributed by atoms with E-state index in [2.05, 4.69) is 0 Å². The molecule has 2 amide bonds. The number of likely N-dealkylation sites (N-methyl/N-ethyl adjacent to an activating group) is 1. The summed E-state index contributed by atoms with van der Waals surface area (Å²) in [4.78, 5) is 26.5. The van der Waals surface area contributed by atoms with E-state index in [0.29, 0.717) is 6.54 Å². The molecule has 0 aromatic heterocycles. The van der Waals surface area contributed by atoms with Crippen LogP contribution in [0, 0.1) is 6.92 Å². The number of benzene rings is 1. The summed E-state index contributed by atoms with van der Waals surface area (Å²) >= 11 is 0. The van der Waals surface area contributed by atoms with E-state index in [4.69, 9.17) is 4.74 Å². The summed E-state index contributed by atoms with van der Waals surface area (Å²) in [6, 6.07) is 5.89. The van der Waals surface area contributed by atoms with Gasteiger partial charge in [-0.3, -0.25) is 4.79 Å². The molecule has 0 unspecified atom stereocenters. The lowest BCUT2D eigenvalue weighted by Gasteiger charge is -2.14. The van der Waals surface area contributed by atoms with Crippen molar-refractivity contribution in [2.45, 2.75) is 13.8 Å². The fraction of sp³-hybridized carbons (Fsp3) is 0.333. The Bertz CT molecular complexity index is 591. The van der Waals surface area contributed by atoms with Crippen molar-refractivity contribution in [3.05, 3.63) is 35.1 Å². The third-order valence-corrected chi connectivity index (χ3v) is 3.25. The van der Waals surface area contributed by atoms with Crippen LogP contribution in [0.2, 0.25) is 0 Å². The lowest BCUT2D eigenvalue weighted by atomic mass is 10.1. The molecule has 20 heavy (non-hydrogen) atoms. The molecular weight excluding hydrogens is 256 g/mol. The molecule has 0 aliphatic carbocycles. The number of hydrogen-bond acceptors (Lipinski definition) is 4. The van der Waals surface area contributed by atoms with Gasteiger partial charge in [-0.2, -0.15) is 0 Å². The van der Waals surface area contributed by atoms with Gasteiger partial charge in [0.05, 0.1) is 0 Å². The Labute approximate surface area is 118 Å². The number of carbonyl (C=O) groups is 2. The molecule has 1 aromatic carbocycles. The summed E-state index contributed by atoms with van der Waals surface area (Å²) in [6.45, 7) is 4.00. The standard InChI is InChI=1S/C15H18N2O3/c1-5-17-14(18)13(20-15(17)19)9-11-6-7-12(16(3)4)8-10(11)2/h6-9H,5H2,1-4H3. The number of ether oxygens (including phenoxy) is 1. The van der Waals surface area contributed by atoms with E-state index in [-0.39, 0.29) is 11.7 Å². The largest absolute Gasteiger partial charge is 0.422 e. The maximum atomic E-state index is 11.9. The molecule has 2 rings (SSSR count). The number of anilines is 1. The summed E-state index contributed by atoms with van der Waals surface area (Å²) in [6.07, 6.45) is 1.01. The highest BCUT2D eigenvalue weighted by molar-refractivity contribution is 6.09. The van der Waals surface area contributed by atoms with Crippen molar-refractivity contribution in [3.63, 3.8) is 0 Å². The molecule has 1 saturated heterocycles. The first-order valence-corrected chi connectivity index (χ1v) is 6.47. The van der Waals surface area contributed by atoms with Gasteiger partial charge in [-0.1, -0.05) is 6.07 Å². The van der Waals surface area contributed by atoms with Crippen LogP contribution in [0.15, 0.2) is 24.0 Å². The quantitative estimate of drug-likeness (QED) is 0.794. The van der Waals surface area contributed by atoms with Crippen LogP contribution >= 0.6 is 0 Å². The third kappa shape index (κ3) is 2.52. The third-order valence-electron chi connectivity index (χ3n) is 3.25. The fourth-order valence-electron chi connectivity index (χ4n) is 2.01. The van der Waals surface area contributed by atoms with Gasteiger partial charge in [-0.05, 0) is 43.2 Å². The Balaban J connectivity index is 2.32. The van der Waals surface area contributed by atoms with Gasteiger partial charge in [0.25, 0.3) is 5.91 Å². The molecule has 1 heterocycles. The minimum absolute atomic E-state index is 0.0811. The van der Waals surface area contributed by atoms with Gasteiger partial charge in [0.15, 0.2) is 5.76 Å². The first-order chi connectivity index (χ1) is 9.43. The average molecular weight is 274 g/mol. The number of imide groups is 1. The SMILES string of the molecule is CCN1C(=O)OC(=Cc2ccc(N(C)C)cc2C)C1=O. The first kappa shape index (κ1) is 14.1. The number of aryl methyl sites for hydroxylation is 1. The van der Waals surface area contributed by atoms with E-state index in [1.807, 2.05) is 44.1 Å². The van der Waals surface area contributed by atoms with Gasteiger partial charge in [-0.15, -0.1) is 0 Å². The van der Waals surface area contributed by atoms with Gasteiger partial charge >= 0.3 is 6.09 Å². The molecule has 5 heteroatoms. The molecule has 0 saturated carbocycles. The number of carbonyl (C=O) groups excluding carboxylic acids is 2. The number of hydrogen-bond donors (Lipinski definition) is 0. The Morgan fingerprint density at radius 1 is 1.30 bits per heavy atom. The van der Waals surface area contributed by atoms with Crippen LogP contribution in [-0.2, 0) is 9.53 Å². The number of cyclic esters (lactones) is 1. The number of nitrogens with zero attached hydrogens (tertiary/aromatic N) is 2. The van der Waals surface area contributed by atoms with E-state index >= 15 is 0 Å². The molecule has 0 N–H and O–H groups in total. The van der Waals surface area contributed by atoms with E-state index in [1.54, 1.807) is 13.0 Å². The summed E-state index contributed by atoms with van der Waals surface area (Å²) in [5.74, 6) is -0.300. The van der Waals surface area contributed by atoms with Gasteiger partial charge in [0.1, 0.15) is 0 Å². The summed E-state index contributed by atoms with van der Waals surface area (Å²) in [7, 11) is 3.93. The van der Waals surface area contributed by atoms with Crippen molar-refractivity contribution >= 4 is 23.8 Å². The van der Waals surface area contributed by atoms with Crippen LogP contribution in [0.25, 0.3) is 6.08 Å². The Morgan fingerprint density at radius 2 is 2.00 bits per heavy atom. The summed E-state index contributed by atoms with van der Waals surface area (Å²) in [5.41, 5.74) is 2.96. The van der Waals surface area contributed by atoms with Crippen LogP contribution < -0.4 is 4.90 Å². The zero-order valence-electron chi connectivity index (χ0n) is 12.1. The minimum Gasteiger partial charge on any atom is -0.404 e. The molecule has 5 nitrogen and oxygen atoms in total. The second-order valence-electron chi connectivity index (χ2n) is 4.86. The van der Waals surface area contributed by atoms with Gasteiger partial charge in [0, 0.05) is 26.3 Å². The van der Waals surface area contributed by atoms with Gasteiger partial charge in [0.2, 0.25) is 0 Å². The molecule has 0 radical (unpaired) electrons. The van der Waals surface area contributed by atoms with Crippen molar-refractivity contribution in [3.8, 4) is 0 Å². The Kier molecular flexibility index (Phi) is 3.79. The maximum Gasteiger partial charge on any atom is 0.422 e. The van der Waals surface area contributed by atoms with E-state index in [9.17, 15) is 9.59 Å². The molecular formula is C15H18N2O3. The van der Waals surface area contributed by atoms with E-state index in [1.165, 1.54) is 0 Å². The van der Waals surface area contributed by atoms with E-state index < -0.39 is 6.09 Å². The Morgan fingerprint density at radius 3 is 2.50 bits per heavy atom. The highest BCUT2D eigenvalue weighted by Gasteiger charge is 2.35. The molecule has 1 aliphatic heterocycles. The summed E-state index contributed by atoms with van der Waals surface area (Å²) < 4.78 is 5.00. The van der Waals surface area contributed by atoms with Crippen LogP contribution in [-0.4, -0.2) is 37.5 Å². The zero-order valence-corrected chi connectivity index (χ0v) is 12.1. The average Bonchev–Trinajstić information content (AvgIpc) is 2.66. The molecule has 106 valence electrons. The number of rotatable bonds is 3. The molecule has 1 fully saturated rings. The topological polar surface area (TPSA) is 49.9 Å². The normalized spacial score (nSPS) is 16.8. The molecule has 0 spiro atoms. The smallest absolute Gasteiger partial charge is 0.404 e. The van der Waals surface area contributed by atoms with Crippen LogP contribution in [0.5, 0.6) is 0 Å². The van der Waals surface area contributed by atoms with Crippen LogP contribution in [0.1, 0.15) is 18.1 Å². The molecule has 1 aromatic rings. The predicted octanol–water partition coefficient (Wildman–Crippen LogP) is 2.40. The lowest BCUT2D eigenvalue weighted by molar-refractivity contribution is -0.123. The summed E-state index contributed by atoms with van der Waals surface area (Å²) in [5, 5.41) is 0. The first-order valence-electron chi connectivity index (χ1n) is 6.47. The van der Waals surface area contributed by atoms with Crippen molar-refractivity contribution in [2.75, 3.05) is 25.5 Å². The highest BCUT2D eigenvalue weighted by Crippen LogP contribution is 2.23. The lowest BCUT2D eigenvalue weighted by Crippen LogP contribution is -2.28. The van der Waals surface area contributed by atoms with Crippen molar-refractivity contribution < 1.29 is 14.3 Å². The number of amides is 2. The zero-order chi connectivity index (χ0) is 14.9.